The van der Waals surface area contributed by atoms with Crippen LogP contribution < -0.4 is 0 Å². The molecule has 1 aromatic carbocycles. The van der Waals surface area contributed by atoms with Gasteiger partial charge in [-0.3, -0.25) is 4.90 Å². The fraction of sp³-hybridized carbons (Fsp3) is 0.647. The first-order valence-electron chi connectivity index (χ1n) is 7.75. The number of benzene rings is 1. The van der Waals surface area contributed by atoms with Gasteiger partial charge in [-0.1, -0.05) is 43.5 Å². The molecule has 0 bridgehead atoms. The third-order valence-corrected chi connectivity index (χ3v) is 5.12. The lowest BCUT2D eigenvalue weighted by Gasteiger charge is -2.42. The van der Waals surface area contributed by atoms with E-state index in [1.165, 1.54) is 37.7 Å². The molecule has 1 aromatic rings. The zero-order valence-electron chi connectivity index (χ0n) is 11.9. The maximum absolute atomic E-state index is 10.7. The van der Waals surface area contributed by atoms with Crippen LogP contribution in [0, 0.1) is 0 Å². The fourth-order valence-corrected chi connectivity index (χ4v) is 3.90. The van der Waals surface area contributed by atoms with Crippen LogP contribution in [0.5, 0.6) is 0 Å². The molecule has 0 spiro atoms. The maximum atomic E-state index is 10.7. The van der Waals surface area contributed by atoms with Crippen molar-refractivity contribution in [1.82, 2.24) is 4.90 Å². The van der Waals surface area contributed by atoms with Crippen molar-refractivity contribution in [2.45, 2.75) is 63.1 Å². The van der Waals surface area contributed by atoms with Gasteiger partial charge in [0.2, 0.25) is 0 Å². The first-order valence-corrected chi connectivity index (χ1v) is 7.75. The summed E-state index contributed by atoms with van der Waals surface area (Å²) in [5.74, 6) is 0. The SMILES string of the molecule is CN(C1CCCCC1)C1CCc2ccccc2C1O. The van der Waals surface area contributed by atoms with Crippen LogP contribution in [0.1, 0.15) is 55.8 Å². The van der Waals surface area contributed by atoms with E-state index in [1.807, 2.05) is 6.07 Å². The second-order valence-electron chi connectivity index (χ2n) is 6.21. The van der Waals surface area contributed by atoms with Gasteiger partial charge >= 0.3 is 0 Å². The summed E-state index contributed by atoms with van der Waals surface area (Å²) >= 11 is 0. The summed E-state index contributed by atoms with van der Waals surface area (Å²) in [6.07, 6.45) is 8.60. The van der Waals surface area contributed by atoms with Crippen LogP contribution in [-0.4, -0.2) is 29.1 Å². The number of aliphatic hydroxyl groups is 1. The van der Waals surface area contributed by atoms with E-state index in [-0.39, 0.29) is 6.10 Å². The Balaban J connectivity index is 1.75. The van der Waals surface area contributed by atoms with Crippen LogP contribution in [-0.2, 0) is 6.42 Å². The molecule has 0 aliphatic heterocycles. The summed E-state index contributed by atoms with van der Waals surface area (Å²) in [4.78, 5) is 2.47. The summed E-state index contributed by atoms with van der Waals surface area (Å²) in [5, 5.41) is 10.7. The molecule has 2 aliphatic rings. The number of hydrogen-bond acceptors (Lipinski definition) is 2. The van der Waals surface area contributed by atoms with E-state index >= 15 is 0 Å². The molecule has 0 saturated heterocycles. The molecule has 1 N–H and O–H groups in total. The van der Waals surface area contributed by atoms with Crippen molar-refractivity contribution in [2.75, 3.05) is 7.05 Å². The monoisotopic (exact) mass is 259 g/mol. The average Bonchev–Trinajstić information content (AvgIpc) is 2.48. The van der Waals surface area contributed by atoms with Gasteiger partial charge in [0.1, 0.15) is 0 Å². The van der Waals surface area contributed by atoms with Crippen LogP contribution in [0.2, 0.25) is 0 Å². The normalized spacial score (nSPS) is 28.4. The Labute approximate surface area is 116 Å². The number of fused-ring (bicyclic) bond motifs is 1. The summed E-state index contributed by atoms with van der Waals surface area (Å²) in [6.45, 7) is 0. The third-order valence-electron chi connectivity index (χ3n) is 5.12. The van der Waals surface area contributed by atoms with Gasteiger partial charge in [-0.05, 0) is 43.9 Å². The van der Waals surface area contributed by atoms with E-state index in [1.54, 1.807) is 0 Å². The van der Waals surface area contributed by atoms with E-state index in [4.69, 9.17) is 0 Å². The van der Waals surface area contributed by atoms with Gasteiger partial charge in [0.05, 0.1) is 6.10 Å². The lowest BCUT2D eigenvalue weighted by atomic mass is 9.83. The van der Waals surface area contributed by atoms with E-state index < -0.39 is 0 Å². The largest absolute Gasteiger partial charge is 0.387 e. The minimum atomic E-state index is -0.308. The van der Waals surface area contributed by atoms with Crippen LogP contribution in [0.4, 0.5) is 0 Å². The van der Waals surface area contributed by atoms with Crippen molar-refractivity contribution in [1.29, 1.82) is 0 Å². The molecule has 1 fully saturated rings. The van der Waals surface area contributed by atoms with E-state index in [0.29, 0.717) is 12.1 Å². The van der Waals surface area contributed by atoms with Crippen LogP contribution in [0.15, 0.2) is 24.3 Å². The third kappa shape index (κ3) is 2.56. The fourth-order valence-electron chi connectivity index (χ4n) is 3.90. The van der Waals surface area contributed by atoms with Gasteiger partial charge in [0.25, 0.3) is 0 Å². The second kappa shape index (κ2) is 5.64. The Morgan fingerprint density at radius 2 is 1.79 bits per heavy atom. The maximum Gasteiger partial charge on any atom is 0.0947 e. The van der Waals surface area contributed by atoms with Crippen molar-refractivity contribution >= 4 is 0 Å². The first kappa shape index (κ1) is 13.1. The van der Waals surface area contributed by atoms with E-state index in [9.17, 15) is 5.11 Å². The highest BCUT2D eigenvalue weighted by Gasteiger charge is 2.33. The average molecular weight is 259 g/mol. The highest BCUT2D eigenvalue weighted by atomic mass is 16.3. The molecule has 0 aromatic heterocycles. The van der Waals surface area contributed by atoms with Crippen LogP contribution in [0.25, 0.3) is 0 Å². The Morgan fingerprint density at radius 3 is 2.58 bits per heavy atom. The second-order valence-corrected chi connectivity index (χ2v) is 6.21. The summed E-state index contributed by atoms with van der Waals surface area (Å²) in [7, 11) is 2.22. The molecule has 2 aliphatic carbocycles. The quantitative estimate of drug-likeness (QED) is 0.881. The topological polar surface area (TPSA) is 23.5 Å². The number of likely N-dealkylation sites (N-methyl/N-ethyl adjacent to an activating group) is 1. The molecule has 19 heavy (non-hydrogen) atoms. The number of aliphatic hydroxyl groups excluding tert-OH is 1. The molecule has 0 heterocycles. The molecule has 2 nitrogen and oxygen atoms in total. The highest BCUT2D eigenvalue weighted by molar-refractivity contribution is 5.32. The summed E-state index contributed by atoms with van der Waals surface area (Å²) in [5.41, 5.74) is 2.49. The number of hydrogen-bond donors (Lipinski definition) is 1. The molecule has 0 amide bonds. The minimum absolute atomic E-state index is 0.304. The van der Waals surface area contributed by atoms with Gasteiger partial charge in [0, 0.05) is 12.1 Å². The summed E-state index contributed by atoms with van der Waals surface area (Å²) < 4.78 is 0. The van der Waals surface area contributed by atoms with Crippen molar-refractivity contribution < 1.29 is 5.11 Å². The van der Waals surface area contributed by atoms with Crippen molar-refractivity contribution in [3.8, 4) is 0 Å². The van der Waals surface area contributed by atoms with Gasteiger partial charge in [-0.15, -0.1) is 0 Å². The first-order chi connectivity index (χ1) is 9.27. The molecule has 1 saturated carbocycles. The van der Waals surface area contributed by atoms with Crippen LogP contribution in [0.3, 0.4) is 0 Å². The molecule has 2 heteroatoms. The van der Waals surface area contributed by atoms with Crippen molar-refractivity contribution in [2.24, 2.45) is 0 Å². The van der Waals surface area contributed by atoms with Gasteiger partial charge in [-0.25, -0.2) is 0 Å². The number of aryl methyl sites for hydroxylation is 1. The molecule has 104 valence electrons. The molecule has 2 unspecified atom stereocenters. The standard InChI is InChI=1S/C17H25NO/c1-18(14-8-3-2-4-9-14)16-12-11-13-7-5-6-10-15(13)17(16)19/h5-7,10,14,16-17,19H,2-4,8-9,11-12H2,1H3. The zero-order valence-corrected chi connectivity index (χ0v) is 11.9. The van der Waals surface area contributed by atoms with E-state index in [0.717, 1.165) is 18.4 Å². The Hall–Kier alpha value is -0.860. The number of nitrogens with zero attached hydrogens (tertiary/aromatic N) is 1. The molecule has 3 rings (SSSR count). The smallest absolute Gasteiger partial charge is 0.0947 e. The lowest BCUT2D eigenvalue weighted by Crippen LogP contribution is -2.46. The molecule has 0 radical (unpaired) electrons. The Morgan fingerprint density at radius 1 is 1.05 bits per heavy atom. The van der Waals surface area contributed by atoms with Crippen molar-refractivity contribution in [3.63, 3.8) is 0 Å². The Kier molecular flexibility index (Phi) is 3.90. The molecular formula is C17H25NO. The molecular weight excluding hydrogens is 234 g/mol. The number of rotatable bonds is 2. The summed E-state index contributed by atoms with van der Waals surface area (Å²) in [6, 6.07) is 9.37. The van der Waals surface area contributed by atoms with E-state index in [2.05, 4.69) is 30.1 Å². The predicted molar refractivity (Wildman–Crippen MR) is 78.1 cm³/mol. The predicted octanol–water partition coefficient (Wildman–Crippen LogP) is 3.30. The van der Waals surface area contributed by atoms with Crippen molar-refractivity contribution in [3.05, 3.63) is 35.4 Å². The van der Waals surface area contributed by atoms with Gasteiger partial charge < -0.3 is 5.11 Å². The lowest BCUT2D eigenvalue weighted by molar-refractivity contribution is 0.0188. The van der Waals surface area contributed by atoms with Gasteiger partial charge in [-0.2, -0.15) is 0 Å². The molecule has 2 atom stereocenters. The van der Waals surface area contributed by atoms with Crippen LogP contribution >= 0.6 is 0 Å². The zero-order chi connectivity index (χ0) is 13.2. The Bertz CT molecular complexity index is 425. The highest BCUT2D eigenvalue weighted by Crippen LogP contribution is 2.35. The minimum Gasteiger partial charge on any atom is -0.387 e. The van der Waals surface area contributed by atoms with Gasteiger partial charge in [0.15, 0.2) is 0 Å².